The van der Waals surface area contributed by atoms with Crippen LogP contribution in [0.15, 0.2) is 0 Å². The summed E-state index contributed by atoms with van der Waals surface area (Å²) in [6.07, 6.45) is 8.98. The molecule has 1 rings (SSSR count). The van der Waals surface area contributed by atoms with E-state index < -0.39 is 0 Å². The second kappa shape index (κ2) is 6.86. The summed E-state index contributed by atoms with van der Waals surface area (Å²) in [5.74, 6) is 0.264. The monoisotopic (exact) mass is 212 g/mol. The molecule has 0 bridgehead atoms. The summed E-state index contributed by atoms with van der Waals surface area (Å²) >= 11 is 0. The molecule has 0 aliphatic heterocycles. The Labute approximate surface area is 93.4 Å². The van der Waals surface area contributed by atoms with E-state index in [1.807, 2.05) is 0 Å². The van der Waals surface area contributed by atoms with E-state index in [4.69, 9.17) is 4.74 Å². The van der Waals surface area contributed by atoms with Crippen molar-refractivity contribution in [3.63, 3.8) is 0 Å². The maximum atomic E-state index is 11.8. The van der Waals surface area contributed by atoms with Crippen molar-refractivity contribution >= 4 is 5.97 Å². The molecule has 1 unspecified atom stereocenters. The second-order valence-corrected chi connectivity index (χ2v) is 4.59. The first kappa shape index (κ1) is 12.5. The lowest BCUT2D eigenvalue weighted by Crippen LogP contribution is -2.25. The van der Waals surface area contributed by atoms with Gasteiger partial charge in [0.2, 0.25) is 0 Å². The summed E-state index contributed by atoms with van der Waals surface area (Å²) in [7, 11) is 0. The van der Waals surface area contributed by atoms with E-state index in [0.29, 0.717) is 0 Å². The minimum Gasteiger partial charge on any atom is -0.462 e. The van der Waals surface area contributed by atoms with Crippen LogP contribution in [0.5, 0.6) is 0 Å². The molecule has 88 valence electrons. The Kier molecular flexibility index (Phi) is 5.74. The van der Waals surface area contributed by atoms with Gasteiger partial charge in [-0.1, -0.05) is 39.5 Å². The molecule has 1 saturated carbocycles. The van der Waals surface area contributed by atoms with Gasteiger partial charge in [-0.3, -0.25) is 4.79 Å². The van der Waals surface area contributed by atoms with Crippen LogP contribution in [0.1, 0.15) is 65.2 Å². The van der Waals surface area contributed by atoms with E-state index in [1.54, 1.807) is 0 Å². The SMILES string of the molecule is CCCC(CC)OC(=O)C1CCCCC1. The standard InChI is InChI=1S/C13H24O2/c1-3-8-12(4-2)15-13(14)11-9-6-5-7-10-11/h11-12H,3-10H2,1-2H3. The fourth-order valence-electron chi connectivity index (χ4n) is 2.27. The number of carbonyl (C=O) groups excluding carboxylic acids is 1. The van der Waals surface area contributed by atoms with Gasteiger partial charge in [0.25, 0.3) is 0 Å². The largest absolute Gasteiger partial charge is 0.462 e. The van der Waals surface area contributed by atoms with Crippen LogP contribution in [-0.2, 0) is 9.53 Å². The van der Waals surface area contributed by atoms with Crippen LogP contribution >= 0.6 is 0 Å². The van der Waals surface area contributed by atoms with E-state index in [0.717, 1.165) is 32.1 Å². The molecule has 0 aromatic rings. The second-order valence-electron chi connectivity index (χ2n) is 4.59. The highest BCUT2D eigenvalue weighted by molar-refractivity contribution is 5.72. The van der Waals surface area contributed by atoms with E-state index >= 15 is 0 Å². The molecule has 15 heavy (non-hydrogen) atoms. The third kappa shape index (κ3) is 4.23. The predicted octanol–water partition coefficient (Wildman–Crippen LogP) is 3.69. The number of rotatable bonds is 5. The van der Waals surface area contributed by atoms with Crippen LogP contribution in [0, 0.1) is 5.92 Å². The summed E-state index contributed by atoms with van der Waals surface area (Å²) < 4.78 is 5.54. The first-order valence-corrected chi connectivity index (χ1v) is 6.48. The van der Waals surface area contributed by atoms with Crippen molar-refractivity contribution in [2.24, 2.45) is 5.92 Å². The Morgan fingerprint density at radius 1 is 1.27 bits per heavy atom. The predicted molar refractivity (Wildman–Crippen MR) is 61.7 cm³/mol. The highest BCUT2D eigenvalue weighted by atomic mass is 16.5. The zero-order valence-electron chi connectivity index (χ0n) is 10.1. The Hall–Kier alpha value is -0.530. The van der Waals surface area contributed by atoms with Gasteiger partial charge in [0.05, 0.1) is 5.92 Å². The van der Waals surface area contributed by atoms with Gasteiger partial charge < -0.3 is 4.74 Å². The Morgan fingerprint density at radius 3 is 2.47 bits per heavy atom. The van der Waals surface area contributed by atoms with E-state index in [2.05, 4.69) is 13.8 Å². The van der Waals surface area contributed by atoms with Crippen molar-refractivity contribution < 1.29 is 9.53 Å². The third-order valence-electron chi connectivity index (χ3n) is 3.29. The molecule has 0 spiro atoms. The molecule has 1 aliphatic carbocycles. The van der Waals surface area contributed by atoms with Gasteiger partial charge in [-0.05, 0) is 25.7 Å². The van der Waals surface area contributed by atoms with Crippen molar-refractivity contribution in [2.45, 2.75) is 71.3 Å². The average Bonchev–Trinajstić information content (AvgIpc) is 2.29. The smallest absolute Gasteiger partial charge is 0.309 e. The van der Waals surface area contributed by atoms with Crippen molar-refractivity contribution in [2.75, 3.05) is 0 Å². The van der Waals surface area contributed by atoms with Gasteiger partial charge in [-0.2, -0.15) is 0 Å². The minimum absolute atomic E-state index is 0.0648. The van der Waals surface area contributed by atoms with Crippen LogP contribution in [0.2, 0.25) is 0 Å². The highest BCUT2D eigenvalue weighted by Gasteiger charge is 2.24. The molecular formula is C13H24O2. The van der Waals surface area contributed by atoms with Crippen molar-refractivity contribution in [3.05, 3.63) is 0 Å². The van der Waals surface area contributed by atoms with Gasteiger partial charge in [-0.25, -0.2) is 0 Å². The number of hydrogen-bond donors (Lipinski definition) is 0. The van der Waals surface area contributed by atoms with Crippen LogP contribution in [0.25, 0.3) is 0 Å². The van der Waals surface area contributed by atoms with Gasteiger partial charge in [0.1, 0.15) is 6.10 Å². The van der Waals surface area contributed by atoms with E-state index in [-0.39, 0.29) is 18.0 Å². The molecule has 0 heterocycles. The lowest BCUT2D eigenvalue weighted by Gasteiger charge is -2.23. The molecule has 0 radical (unpaired) electrons. The number of ether oxygens (including phenoxy) is 1. The maximum absolute atomic E-state index is 11.8. The highest BCUT2D eigenvalue weighted by Crippen LogP contribution is 2.25. The average molecular weight is 212 g/mol. The van der Waals surface area contributed by atoms with E-state index in [9.17, 15) is 4.79 Å². The lowest BCUT2D eigenvalue weighted by atomic mass is 9.89. The topological polar surface area (TPSA) is 26.3 Å². The Balaban J connectivity index is 2.31. The van der Waals surface area contributed by atoms with Gasteiger partial charge in [0.15, 0.2) is 0 Å². The molecule has 0 aromatic carbocycles. The first-order chi connectivity index (χ1) is 7.27. The summed E-state index contributed by atoms with van der Waals surface area (Å²) in [4.78, 5) is 11.8. The van der Waals surface area contributed by atoms with Gasteiger partial charge in [0, 0.05) is 0 Å². The zero-order chi connectivity index (χ0) is 11.1. The summed E-state index contributed by atoms with van der Waals surface area (Å²) in [6, 6.07) is 0. The molecule has 2 nitrogen and oxygen atoms in total. The van der Waals surface area contributed by atoms with Crippen LogP contribution in [0.4, 0.5) is 0 Å². The van der Waals surface area contributed by atoms with Crippen LogP contribution in [0.3, 0.4) is 0 Å². The number of esters is 1. The van der Waals surface area contributed by atoms with Gasteiger partial charge >= 0.3 is 5.97 Å². The third-order valence-corrected chi connectivity index (χ3v) is 3.29. The molecule has 0 aromatic heterocycles. The molecule has 1 atom stereocenters. The molecule has 1 aliphatic rings. The first-order valence-electron chi connectivity index (χ1n) is 6.48. The van der Waals surface area contributed by atoms with Crippen molar-refractivity contribution in [1.82, 2.24) is 0 Å². The molecule has 0 amide bonds. The molecular weight excluding hydrogens is 188 g/mol. The minimum atomic E-state index is 0.0648. The van der Waals surface area contributed by atoms with Crippen molar-refractivity contribution in [3.8, 4) is 0 Å². The summed E-state index contributed by atoms with van der Waals surface area (Å²) in [5.41, 5.74) is 0. The molecule has 2 heteroatoms. The maximum Gasteiger partial charge on any atom is 0.309 e. The molecule has 1 fully saturated rings. The van der Waals surface area contributed by atoms with Gasteiger partial charge in [-0.15, -0.1) is 0 Å². The summed E-state index contributed by atoms with van der Waals surface area (Å²) in [5, 5.41) is 0. The molecule has 0 saturated heterocycles. The Bertz CT molecular complexity index is 183. The fraction of sp³-hybridized carbons (Fsp3) is 0.923. The normalized spacial score (nSPS) is 19.9. The fourth-order valence-corrected chi connectivity index (χ4v) is 2.27. The zero-order valence-corrected chi connectivity index (χ0v) is 10.1. The van der Waals surface area contributed by atoms with E-state index in [1.165, 1.54) is 19.3 Å². The number of hydrogen-bond acceptors (Lipinski definition) is 2. The lowest BCUT2D eigenvalue weighted by molar-refractivity contribution is -0.155. The number of carbonyl (C=O) groups is 1. The summed E-state index contributed by atoms with van der Waals surface area (Å²) in [6.45, 7) is 4.23. The molecule has 0 N–H and O–H groups in total. The van der Waals surface area contributed by atoms with Crippen molar-refractivity contribution in [1.29, 1.82) is 0 Å². The van der Waals surface area contributed by atoms with Crippen LogP contribution in [-0.4, -0.2) is 12.1 Å². The van der Waals surface area contributed by atoms with Crippen LogP contribution < -0.4 is 0 Å². The quantitative estimate of drug-likeness (QED) is 0.650. The Morgan fingerprint density at radius 2 is 1.93 bits per heavy atom.